The molecule has 0 atom stereocenters. The van der Waals surface area contributed by atoms with Crippen LogP contribution < -0.4 is 5.73 Å². The molecule has 0 amide bonds. The Labute approximate surface area is 62.9 Å². The highest BCUT2D eigenvalue weighted by atomic mass is 14.5. The number of nitrogens with two attached hydrogens (primary N) is 1. The van der Waals surface area contributed by atoms with Crippen LogP contribution in [0.15, 0.2) is 30.3 Å². The summed E-state index contributed by atoms with van der Waals surface area (Å²) in [5.41, 5.74) is 6.18. The van der Waals surface area contributed by atoms with Gasteiger partial charge in [-0.05, 0) is 12.1 Å². The van der Waals surface area contributed by atoms with Gasteiger partial charge in [0, 0.05) is 5.69 Å². The standard InChI is InChI=1S/C6H7N.C3H8/c7-6-4-2-1-3-5-6;1-3-2/h1-5H,7H2;3H2,1-2H3. The lowest BCUT2D eigenvalue weighted by molar-refractivity contribution is 1.09. The van der Waals surface area contributed by atoms with Gasteiger partial charge in [0.25, 0.3) is 0 Å². The molecule has 0 spiro atoms. The summed E-state index contributed by atoms with van der Waals surface area (Å²) in [5, 5.41) is 0. The SMILES string of the molecule is CCC.Nc1ccccc1. The smallest absolute Gasteiger partial charge is 0.0313 e. The van der Waals surface area contributed by atoms with Crippen molar-refractivity contribution >= 4 is 5.69 Å². The molecular weight excluding hydrogens is 122 g/mol. The molecule has 0 bridgehead atoms. The van der Waals surface area contributed by atoms with Crippen molar-refractivity contribution in [1.82, 2.24) is 0 Å². The molecule has 0 aliphatic rings. The first-order valence-electron chi connectivity index (χ1n) is 3.61. The normalized spacial score (nSPS) is 7.80. The zero-order valence-electron chi connectivity index (χ0n) is 6.67. The minimum Gasteiger partial charge on any atom is -0.399 e. The first-order valence-corrected chi connectivity index (χ1v) is 3.61. The van der Waals surface area contributed by atoms with Crippen LogP contribution in [-0.2, 0) is 0 Å². The Kier molecular flexibility index (Phi) is 5.54. The molecule has 0 saturated carbocycles. The summed E-state index contributed by atoms with van der Waals surface area (Å²) in [6.45, 7) is 4.25. The molecule has 1 aromatic rings. The lowest BCUT2D eigenvalue weighted by atomic mass is 10.3. The first-order chi connectivity index (χ1) is 4.81. The Morgan fingerprint density at radius 3 is 1.70 bits per heavy atom. The number of hydrogen-bond donors (Lipinski definition) is 1. The number of nitrogen functional groups attached to an aromatic ring is 1. The van der Waals surface area contributed by atoms with Gasteiger partial charge in [0.1, 0.15) is 0 Å². The maximum atomic E-state index is 5.36. The van der Waals surface area contributed by atoms with E-state index in [9.17, 15) is 0 Å². The highest BCUT2D eigenvalue weighted by Crippen LogP contribution is 1.95. The summed E-state index contributed by atoms with van der Waals surface area (Å²) >= 11 is 0. The van der Waals surface area contributed by atoms with E-state index < -0.39 is 0 Å². The molecule has 1 nitrogen and oxygen atoms in total. The van der Waals surface area contributed by atoms with Crippen molar-refractivity contribution in [3.63, 3.8) is 0 Å². The molecule has 0 fully saturated rings. The molecule has 0 aliphatic heterocycles. The van der Waals surface area contributed by atoms with Crippen LogP contribution in [0.2, 0.25) is 0 Å². The van der Waals surface area contributed by atoms with Crippen LogP contribution >= 0.6 is 0 Å². The Morgan fingerprint density at radius 1 is 1.10 bits per heavy atom. The fraction of sp³-hybridized carbons (Fsp3) is 0.333. The van der Waals surface area contributed by atoms with E-state index in [-0.39, 0.29) is 0 Å². The molecule has 0 aliphatic carbocycles. The molecule has 0 unspecified atom stereocenters. The van der Waals surface area contributed by atoms with Gasteiger partial charge in [0.15, 0.2) is 0 Å². The molecule has 0 aromatic heterocycles. The third-order valence-electron chi connectivity index (χ3n) is 0.800. The Hall–Kier alpha value is -0.980. The molecule has 2 N–H and O–H groups in total. The second-order valence-electron chi connectivity index (χ2n) is 2.12. The van der Waals surface area contributed by atoms with Crippen molar-refractivity contribution in [2.75, 3.05) is 5.73 Å². The number of anilines is 1. The lowest BCUT2D eigenvalue weighted by Crippen LogP contribution is -1.79. The van der Waals surface area contributed by atoms with Crippen LogP contribution in [0.4, 0.5) is 5.69 Å². The summed E-state index contributed by atoms with van der Waals surface area (Å²) in [5.74, 6) is 0. The Balaban J connectivity index is 0.000000236. The summed E-state index contributed by atoms with van der Waals surface area (Å²) in [7, 11) is 0. The Bertz CT molecular complexity index is 146. The predicted octanol–water partition coefficient (Wildman–Crippen LogP) is 2.69. The van der Waals surface area contributed by atoms with Crippen LogP contribution in [0.3, 0.4) is 0 Å². The average Bonchev–Trinajstić information content (AvgIpc) is 1.91. The van der Waals surface area contributed by atoms with Gasteiger partial charge in [0.2, 0.25) is 0 Å². The van der Waals surface area contributed by atoms with Crippen LogP contribution in [-0.4, -0.2) is 0 Å². The minimum atomic E-state index is 0.822. The molecule has 56 valence electrons. The first kappa shape index (κ1) is 9.02. The van der Waals surface area contributed by atoms with Crippen molar-refractivity contribution in [3.05, 3.63) is 30.3 Å². The van der Waals surface area contributed by atoms with Crippen LogP contribution in [0.1, 0.15) is 20.3 Å². The van der Waals surface area contributed by atoms with Crippen LogP contribution in [0.5, 0.6) is 0 Å². The van der Waals surface area contributed by atoms with Crippen molar-refractivity contribution < 1.29 is 0 Å². The molecule has 10 heavy (non-hydrogen) atoms. The highest BCUT2D eigenvalue weighted by Gasteiger charge is 1.72. The van der Waals surface area contributed by atoms with E-state index in [0.717, 1.165) is 5.69 Å². The van der Waals surface area contributed by atoms with E-state index in [2.05, 4.69) is 13.8 Å². The van der Waals surface area contributed by atoms with Crippen molar-refractivity contribution in [3.8, 4) is 0 Å². The highest BCUT2D eigenvalue weighted by molar-refractivity contribution is 5.35. The predicted molar refractivity (Wildman–Crippen MR) is 46.8 cm³/mol. The molecule has 1 heteroatoms. The maximum Gasteiger partial charge on any atom is 0.0313 e. The van der Waals surface area contributed by atoms with Crippen LogP contribution in [0, 0.1) is 0 Å². The van der Waals surface area contributed by atoms with Gasteiger partial charge in [-0.2, -0.15) is 0 Å². The quantitative estimate of drug-likeness (QED) is 0.546. The third-order valence-corrected chi connectivity index (χ3v) is 0.800. The number of rotatable bonds is 0. The van der Waals surface area contributed by atoms with Crippen molar-refractivity contribution in [2.45, 2.75) is 20.3 Å². The largest absolute Gasteiger partial charge is 0.399 e. The molecule has 0 radical (unpaired) electrons. The summed E-state index contributed by atoms with van der Waals surface area (Å²) < 4.78 is 0. The maximum absolute atomic E-state index is 5.36. The fourth-order valence-corrected chi connectivity index (χ4v) is 0.453. The lowest BCUT2D eigenvalue weighted by Gasteiger charge is -1.83. The fourth-order valence-electron chi connectivity index (χ4n) is 0.453. The van der Waals surface area contributed by atoms with E-state index in [4.69, 9.17) is 5.73 Å². The summed E-state index contributed by atoms with van der Waals surface area (Å²) in [4.78, 5) is 0. The van der Waals surface area contributed by atoms with Crippen molar-refractivity contribution in [2.24, 2.45) is 0 Å². The molecular formula is C9H15N. The zero-order chi connectivity index (χ0) is 7.82. The van der Waals surface area contributed by atoms with Gasteiger partial charge in [0.05, 0.1) is 0 Å². The monoisotopic (exact) mass is 137 g/mol. The van der Waals surface area contributed by atoms with Gasteiger partial charge in [-0.25, -0.2) is 0 Å². The second-order valence-corrected chi connectivity index (χ2v) is 2.12. The van der Waals surface area contributed by atoms with Gasteiger partial charge >= 0.3 is 0 Å². The van der Waals surface area contributed by atoms with Gasteiger partial charge < -0.3 is 5.73 Å². The van der Waals surface area contributed by atoms with Gasteiger partial charge in [-0.15, -0.1) is 0 Å². The van der Waals surface area contributed by atoms with E-state index >= 15 is 0 Å². The number of hydrogen-bond acceptors (Lipinski definition) is 1. The van der Waals surface area contributed by atoms with Crippen LogP contribution in [0.25, 0.3) is 0 Å². The topological polar surface area (TPSA) is 26.0 Å². The van der Waals surface area contributed by atoms with Crippen molar-refractivity contribution in [1.29, 1.82) is 0 Å². The zero-order valence-corrected chi connectivity index (χ0v) is 6.67. The number of benzene rings is 1. The average molecular weight is 137 g/mol. The molecule has 0 saturated heterocycles. The summed E-state index contributed by atoms with van der Waals surface area (Å²) in [6.07, 6.45) is 1.25. The van der Waals surface area contributed by atoms with Gasteiger partial charge in [-0.1, -0.05) is 38.5 Å². The Morgan fingerprint density at radius 2 is 1.50 bits per heavy atom. The summed E-state index contributed by atoms with van der Waals surface area (Å²) in [6, 6.07) is 9.49. The molecule has 1 aromatic carbocycles. The van der Waals surface area contributed by atoms with E-state index in [1.807, 2.05) is 30.3 Å². The van der Waals surface area contributed by atoms with Gasteiger partial charge in [-0.3, -0.25) is 0 Å². The van der Waals surface area contributed by atoms with E-state index in [0.29, 0.717) is 0 Å². The number of para-hydroxylation sites is 1. The minimum absolute atomic E-state index is 0.822. The second kappa shape index (κ2) is 6.14. The third kappa shape index (κ3) is 5.16. The molecule has 0 heterocycles. The van der Waals surface area contributed by atoms with E-state index in [1.54, 1.807) is 0 Å². The van der Waals surface area contributed by atoms with E-state index in [1.165, 1.54) is 6.42 Å². The molecule has 1 rings (SSSR count).